The molecule has 0 aliphatic carbocycles. The molecule has 0 heterocycles. The zero-order chi connectivity index (χ0) is 23.3. The summed E-state index contributed by atoms with van der Waals surface area (Å²) in [6.45, 7) is 2.25. The van der Waals surface area contributed by atoms with Crippen LogP contribution in [-0.2, 0) is 11.8 Å². The van der Waals surface area contributed by atoms with Crippen molar-refractivity contribution >= 4 is 11.8 Å². The van der Waals surface area contributed by atoms with E-state index in [2.05, 4.69) is 6.07 Å². The molecular formula is C19H13F10S. The van der Waals surface area contributed by atoms with Crippen molar-refractivity contribution in [3.05, 3.63) is 52.6 Å². The van der Waals surface area contributed by atoms with Crippen LogP contribution in [0.5, 0.6) is 0 Å². The smallest absolute Gasteiger partial charge is 0.218 e. The molecule has 11 heteroatoms. The van der Waals surface area contributed by atoms with Crippen molar-refractivity contribution in [1.82, 2.24) is 0 Å². The third kappa shape index (κ3) is 4.13. The number of alkyl halides is 10. The lowest BCUT2D eigenvalue weighted by molar-refractivity contribution is -0.348. The van der Waals surface area contributed by atoms with E-state index in [1.54, 1.807) is 0 Å². The quantitative estimate of drug-likeness (QED) is 0.331. The molecule has 2 rings (SSSR count). The van der Waals surface area contributed by atoms with Crippen molar-refractivity contribution in [1.29, 1.82) is 0 Å². The predicted molar refractivity (Wildman–Crippen MR) is 91.9 cm³/mol. The topological polar surface area (TPSA) is 0 Å². The molecule has 0 fully saturated rings. The Hall–Kier alpha value is -1.91. The Morgan fingerprint density at radius 2 is 1.33 bits per heavy atom. The maximum Gasteiger partial charge on any atom is 0.435 e. The van der Waals surface area contributed by atoms with Crippen molar-refractivity contribution in [3.8, 4) is 11.1 Å². The van der Waals surface area contributed by atoms with E-state index in [4.69, 9.17) is 0 Å². The Kier molecular flexibility index (Phi) is 6.21. The number of thioether (sulfide) groups is 1. The third-order valence-corrected chi connectivity index (χ3v) is 5.12. The molecule has 0 aromatic heterocycles. The Morgan fingerprint density at radius 1 is 0.800 bits per heavy atom. The Morgan fingerprint density at radius 3 is 1.77 bits per heavy atom. The molecule has 0 unspecified atom stereocenters. The molecule has 0 spiro atoms. The minimum Gasteiger partial charge on any atom is -0.218 e. The zero-order valence-electron chi connectivity index (χ0n) is 15.5. The standard InChI is InChI=1S/C19H13F10S/c1-9-6-10(2)15(12-5-4-11(17(21,22)23)8-14(12)30-3)13(7-9)16(20,18(24,25)26)19(27,28)29/h4-5,7-8H,1-3H3. The van der Waals surface area contributed by atoms with Gasteiger partial charge in [0.2, 0.25) is 0 Å². The molecule has 0 saturated carbocycles. The second kappa shape index (κ2) is 7.65. The van der Waals surface area contributed by atoms with Crippen LogP contribution < -0.4 is 0 Å². The Bertz CT molecular complexity index is 924. The molecule has 0 bridgehead atoms. The first-order valence-electron chi connectivity index (χ1n) is 8.07. The molecule has 1 radical (unpaired) electrons. The molecule has 0 amide bonds. The van der Waals surface area contributed by atoms with Gasteiger partial charge in [-0.05, 0) is 60.6 Å². The predicted octanol–water partition coefficient (Wildman–Crippen LogP) is 7.80. The summed E-state index contributed by atoms with van der Waals surface area (Å²) in [5.74, 6) is 0. The summed E-state index contributed by atoms with van der Waals surface area (Å²) in [5, 5.41) is 0. The van der Waals surface area contributed by atoms with Gasteiger partial charge < -0.3 is 0 Å². The Balaban J connectivity index is 2.97. The van der Waals surface area contributed by atoms with Gasteiger partial charge >= 0.3 is 24.2 Å². The molecule has 0 aliphatic heterocycles. The van der Waals surface area contributed by atoms with Crippen molar-refractivity contribution in [2.75, 3.05) is 6.26 Å². The summed E-state index contributed by atoms with van der Waals surface area (Å²) in [4.78, 5) is -0.266. The van der Waals surface area contributed by atoms with E-state index in [9.17, 15) is 43.9 Å². The van der Waals surface area contributed by atoms with Crippen LogP contribution in [0.1, 0.15) is 22.3 Å². The minimum atomic E-state index is -6.37. The summed E-state index contributed by atoms with van der Waals surface area (Å²) in [5.41, 5.74) is -10.3. The van der Waals surface area contributed by atoms with Gasteiger partial charge in [-0.25, -0.2) is 4.39 Å². The largest absolute Gasteiger partial charge is 0.435 e. The zero-order valence-corrected chi connectivity index (χ0v) is 16.3. The third-order valence-electron chi connectivity index (χ3n) is 4.34. The van der Waals surface area contributed by atoms with Gasteiger partial charge in [-0.15, -0.1) is 11.8 Å². The van der Waals surface area contributed by atoms with Gasteiger partial charge in [0.15, 0.2) is 0 Å². The van der Waals surface area contributed by atoms with Crippen molar-refractivity contribution in [2.24, 2.45) is 0 Å². The fourth-order valence-corrected chi connectivity index (χ4v) is 3.68. The van der Waals surface area contributed by atoms with Crippen molar-refractivity contribution in [3.63, 3.8) is 0 Å². The van der Waals surface area contributed by atoms with E-state index in [0.29, 0.717) is 30.0 Å². The molecule has 0 nitrogen and oxygen atoms in total. The minimum absolute atomic E-state index is 0.195. The highest BCUT2D eigenvalue weighted by atomic mass is 32.2. The molecule has 0 saturated heterocycles. The molecule has 0 aliphatic rings. The number of hydrogen-bond donors (Lipinski definition) is 0. The molecule has 2 aromatic rings. The second-order valence-corrected chi connectivity index (χ2v) is 7.28. The number of benzene rings is 2. The monoisotopic (exact) mass is 463 g/mol. The molecule has 0 N–H and O–H groups in total. The Labute approximate surface area is 169 Å². The van der Waals surface area contributed by atoms with Gasteiger partial charge in [-0.3, -0.25) is 0 Å². The normalized spacial score (nSPS) is 13.6. The van der Waals surface area contributed by atoms with E-state index in [0.717, 1.165) is 19.9 Å². The van der Waals surface area contributed by atoms with E-state index in [-0.39, 0.29) is 16.0 Å². The number of halogens is 10. The fourth-order valence-electron chi connectivity index (χ4n) is 3.04. The van der Waals surface area contributed by atoms with Gasteiger partial charge in [-0.1, -0.05) is 12.1 Å². The number of rotatable bonds is 3. The first-order chi connectivity index (χ1) is 13.4. The molecule has 30 heavy (non-hydrogen) atoms. The van der Waals surface area contributed by atoms with Crippen molar-refractivity contribution < 1.29 is 43.9 Å². The maximum absolute atomic E-state index is 14.9. The lowest BCUT2D eigenvalue weighted by Gasteiger charge is -2.33. The van der Waals surface area contributed by atoms with Crippen LogP contribution in [0.3, 0.4) is 0 Å². The highest BCUT2D eigenvalue weighted by Gasteiger charge is 2.74. The van der Waals surface area contributed by atoms with Gasteiger partial charge in [0.25, 0.3) is 0 Å². The average Bonchev–Trinajstić information content (AvgIpc) is 2.57. The highest BCUT2D eigenvalue weighted by Crippen LogP contribution is 2.56. The summed E-state index contributed by atoms with van der Waals surface area (Å²) in [7, 11) is 0. The van der Waals surface area contributed by atoms with Gasteiger partial charge in [-0.2, -0.15) is 39.5 Å². The van der Waals surface area contributed by atoms with Crippen LogP contribution >= 0.6 is 11.8 Å². The SMILES string of the molecule is CSc1cc(C(F)(F)F)ccc1-c1c(C)[c]c(C)cc1C(F)(C(F)(F)F)C(F)(F)F. The molecular weight excluding hydrogens is 450 g/mol. The van der Waals surface area contributed by atoms with Crippen LogP contribution in [-0.4, -0.2) is 18.6 Å². The summed E-state index contributed by atoms with van der Waals surface area (Å²) in [6, 6.07) is 4.72. The second-order valence-electron chi connectivity index (χ2n) is 6.43. The van der Waals surface area contributed by atoms with Gasteiger partial charge in [0, 0.05) is 10.5 Å². The molecule has 165 valence electrons. The van der Waals surface area contributed by atoms with Crippen LogP contribution in [0.25, 0.3) is 11.1 Å². The number of hydrogen-bond acceptors (Lipinski definition) is 1. The van der Waals surface area contributed by atoms with Crippen LogP contribution in [0.4, 0.5) is 43.9 Å². The number of aryl methyl sites for hydroxylation is 2. The maximum atomic E-state index is 14.9. The summed E-state index contributed by atoms with van der Waals surface area (Å²) >= 11 is 0.669. The molecule has 0 atom stereocenters. The lowest BCUT2D eigenvalue weighted by Crippen LogP contribution is -2.50. The van der Waals surface area contributed by atoms with Crippen LogP contribution in [0, 0.1) is 19.9 Å². The van der Waals surface area contributed by atoms with E-state index >= 15 is 0 Å². The van der Waals surface area contributed by atoms with Crippen LogP contribution in [0.15, 0.2) is 29.2 Å². The van der Waals surface area contributed by atoms with Gasteiger partial charge in [0.05, 0.1) is 5.56 Å². The average molecular weight is 463 g/mol. The lowest BCUT2D eigenvalue weighted by atomic mass is 9.83. The van der Waals surface area contributed by atoms with E-state index < -0.39 is 46.5 Å². The first-order valence-corrected chi connectivity index (χ1v) is 9.29. The van der Waals surface area contributed by atoms with E-state index in [1.165, 1.54) is 6.26 Å². The van der Waals surface area contributed by atoms with Crippen LogP contribution in [0.2, 0.25) is 0 Å². The van der Waals surface area contributed by atoms with E-state index in [1.807, 2.05) is 0 Å². The summed E-state index contributed by atoms with van der Waals surface area (Å²) < 4.78 is 134. The fraction of sp³-hybridized carbons (Fsp3) is 0.368. The first kappa shape index (κ1) is 24.4. The molecule has 2 aromatic carbocycles. The highest BCUT2D eigenvalue weighted by molar-refractivity contribution is 7.98. The van der Waals surface area contributed by atoms with Crippen molar-refractivity contribution in [2.45, 2.75) is 42.9 Å². The van der Waals surface area contributed by atoms with Gasteiger partial charge in [0.1, 0.15) is 0 Å². The summed E-state index contributed by atoms with van der Waals surface area (Å²) in [6.07, 6.45) is -16.2.